The van der Waals surface area contributed by atoms with E-state index in [4.69, 9.17) is 9.47 Å². The van der Waals surface area contributed by atoms with E-state index >= 15 is 0 Å². The van der Waals surface area contributed by atoms with Crippen LogP contribution in [0.2, 0.25) is 0 Å². The Morgan fingerprint density at radius 3 is 2.50 bits per heavy atom. The van der Waals surface area contributed by atoms with Gasteiger partial charge in [0.2, 0.25) is 0 Å². The highest BCUT2D eigenvalue weighted by atomic mass is 16.7. The van der Waals surface area contributed by atoms with E-state index in [0.29, 0.717) is 11.4 Å². The van der Waals surface area contributed by atoms with Gasteiger partial charge >= 0.3 is 0 Å². The lowest BCUT2D eigenvalue weighted by molar-refractivity contribution is -0.0974. The molecular formula is C22H25N3O3. The molecule has 0 radical (unpaired) electrons. The fourth-order valence-corrected chi connectivity index (χ4v) is 2.93. The molecule has 6 heteroatoms. The summed E-state index contributed by atoms with van der Waals surface area (Å²) in [4.78, 5) is 17.5. The molecule has 0 aliphatic heterocycles. The summed E-state index contributed by atoms with van der Waals surface area (Å²) in [5.74, 6) is 0.406. The second-order valence-electron chi connectivity index (χ2n) is 6.61. The Bertz CT molecular complexity index is 984. The first-order valence-corrected chi connectivity index (χ1v) is 9.09. The van der Waals surface area contributed by atoms with Crippen molar-refractivity contribution in [3.8, 4) is 0 Å². The number of amides is 1. The van der Waals surface area contributed by atoms with E-state index in [1.54, 1.807) is 6.07 Å². The third-order valence-corrected chi connectivity index (χ3v) is 4.70. The highest BCUT2D eigenvalue weighted by Crippen LogP contribution is 2.24. The Hall–Kier alpha value is -2.96. The number of nitrogens with zero attached hydrogens (tertiary/aromatic N) is 1. The molecule has 0 unspecified atom stereocenters. The molecule has 1 aromatic heterocycles. The quantitative estimate of drug-likeness (QED) is 0.608. The molecule has 0 atom stereocenters. The van der Waals surface area contributed by atoms with Crippen LogP contribution in [0, 0.1) is 13.8 Å². The Labute approximate surface area is 164 Å². The first-order chi connectivity index (χ1) is 13.5. The minimum absolute atomic E-state index is 0.208. The van der Waals surface area contributed by atoms with Crippen LogP contribution < -0.4 is 10.6 Å². The van der Waals surface area contributed by atoms with Crippen LogP contribution in [0.3, 0.4) is 0 Å². The van der Waals surface area contributed by atoms with Crippen LogP contribution in [-0.2, 0) is 9.47 Å². The van der Waals surface area contributed by atoms with Gasteiger partial charge in [0.15, 0.2) is 6.29 Å². The minimum atomic E-state index is -0.495. The molecule has 1 amide bonds. The Morgan fingerprint density at radius 1 is 1.04 bits per heavy atom. The molecule has 3 rings (SSSR count). The van der Waals surface area contributed by atoms with Gasteiger partial charge in [-0.2, -0.15) is 0 Å². The zero-order valence-electron chi connectivity index (χ0n) is 16.6. The Kier molecular flexibility index (Phi) is 6.23. The van der Waals surface area contributed by atoms with Crippen LogP contribution in [0.4, 0.5) is 11.5 Å². The van der Waals surface area contributed by atoms with Crippen molar-refractivity contribution in [2.75, 3.05) is 26.1 Å². The zero-order chi connectivity index (χ0) is 20.1. The summed E-state index contributed by atoms with van der Waals surface area (Å²) >= 11 is 0. The van der Waals surface area contributed by atoms with E-state index in [0.717, 1.165) is 16.6 Å². The number of hydrogen-bond donors (Lipinski definition) is 2. The highest BCUT2D eigenvalue weighted by molar-refractivity contribution is 6.07. The highest BCUT2D eigenvalue weighted by Gasteiger charge is 2.15. The largest absolute Gasteiger partial charge is 0.354 e. The average Bonchev–Trinajstić information content (AvgIpc) is 2.70. The smallest absolute Gasteiger partial charge is 0.252 e. The van der Waals surface area contributed by atoms with Crippen LogP contribution >= 0.6 is 0 Å². The van der Waals surface area contributed by atoms with Gasteiger partial charge in [0.25, 0.3) is 5.91 Å². The molecule has 0 saturated heterocycles. The van der Waals surface area contributed by atoms with Crippen LogP contribution in [0.25, 0.3) is 10.9 Å². The zero-order valence-corrected chi connectivity index (χ0v) is 16.6. The summed E-state index contributed by atoms with van der Waals surface area (Å²) in [5.41, 5.74) is 4.63. The van der Waals surface area contributed by atoms with Gasteiger partial charge in [-0.15, -0.1) is 0 Å². The maximum atomic E-state index is 12.8. The predicted octanol–water partition coefficient (Wildman–Crippen LogP) is 3.94. The van der Waals surface area contributed by atoms with Crippen molar-refractivity contribution in [1.82, 2.24) is 10.3 Å². The number of methoxy groups -OCH3 is 2. The second kappa shape index (κ2) is 8.82. The summed E-state index contributed by atoms with van der Waals surface area (Å²) in [5, 5.41) is 6.95. The van der Waals surface area contributed by atoms with Gasteiger partial charge in [-0.25, -0.2) is 4.98 Å². The van der Waals surface area contributed by atoms with Gasteiger partial charge in [0.1, 0.15) is 5.82 Å². The van der Waals surface area contributed by atoms with E-state index in [-0.39, 0.29) is 12.5 Å². The summed E-state index contributed by atoms with van der Waals surface area (Å²) < 4.78 is 10.3. The lowest BCUT2D eigenvalue weighted by Crippen LogP contribution is -2.34. The Morgan fingerprint density at radius 2 is 1.79 bits per heavy atom. The van der Waals surface area contributed by atoms with Gasteiger partial charge in [0, 0.05) is 25.3 Å². The minimum Gasteiger partial charge on any atom is -0.354 e. The molecule has 0 aliphatic rings. The maximum Gasteiger partial charge on any atom is 0.252 e. The molecule has 0 aliphatic carbocycles. The molecule has 2 aromatic carbocycles. The second-order valence-corrected chi connectivity index (χ2v) is 6.61. The number of benzene rings is 2. The van der Waals surface area contributed by atoms with Crippen molar-refractivity contribution in [2.45, 2.75) is 20.1 Å². The molecule has 6 nitrogen and oxygen atoms in total. The summed E-state index contributed by atoms with van der Waals surface area (Å²) in [6, 6.07) is 15.5. The monoisotopic (exact) mass is 379 g/mol. The SMILES string of the molecule is COC(CNC(=O)c1cc(Nc2ccc(C)c(C)c2)nc2ccccc12)OC. The number of carbonyl (C=O) groups is 1. The van der Waals surface area contributed by atoms with Gasteiger partial charge in [0.05, 0.1) is 17.6 Å². The third kappa shape index (κ3) is 4.47. The van der Waals surface area contributed by atoms with E-state index in [1.807, 2.05) is 30.3 Å². The van der Waals surface area contributed by atoms with Gasteiger partial charge in [-0.1, -0.05) is 24.3 Å². The standard InChI is InChI=1S/C22H25N3O3/c1-14-9-10-16(11-15(14)2)24-20-12-18(17-7-5-6-8-19(17)25-20)22(26)23-13-21(27-3)28-4/h5-12,21H,13H2,1-4H3,(H,23,26)(H,24,25). The van der Waals surface area contributed by atoms with Gasteiger partial charge in [-0.3, -0.25) is 4.79 Å². The lowest BCUT2D eigenvalue weighted by atomic mass is 10.1. The van der Waals surface area contributed by atoms with Crippen molar-refractivity contribution in [3.63, 3.8) is 0 Å². The molecule has 1 heterocycles. The van der Waals surface area contributed by atoms with Crippen molar-refractivity contribution >= 4 is 28.3 Å². The van der Waals surface area contributed by atoms with Crippen LogP contribution in [-0.4, -0.2) is 37.9 Å². The number of para-hydroxylation sites is 1. The van der Waals surface area contributed by atoms with E-state index in [2.05, 4.69) is 41.6 Å². The number of rotatable bonds is 7. The summed E-state index contributed by atoms with van der Waals surface area (Å²) in [7, 11) is 3.07. The first-order valence-electron chi connectivity index (χ1n) is 9.09. The lowest BCUT2D eigenvalue weighted by Gasteiger charge is -2.15. The van der Waals surface area contributed by atoms with E-state index in [9.17, 15) is 4.79 Å². The molecular weight excluding hydrogens is 354 g/mol. The number of aryl methyl sites for hydroxylation is 2. The normalized spacial score (nSPS) is 11.0. The maximum absolute atomic E-state index is 12.8. The number of carbonyl (C=O) groups excluding carboxylic acids is 1. The molecule has 0 spiro atoms. The first kappa shape index (κ1) is 19.8. The Balaban J connectivity index is 1.92. The average molecular weight is 379 g/mol. The number of aromatic nitrogens is 1. The van der Waals surface area contributed by atoms with Crippen LogP contribution in [0.1, 0.15) is 21.5 Å². The summed E-state index contributed by atoms with van der Waals surface area (Å²) in [6.07, 6.45) is -0.495. The van der Waals surface area contributed by atoms with Crippen molar-refractivity contribution in [2.24, 2.45) is 0 Å². The topological polar surface area (TPSA) is 72.5 Å². The number of hydrogen-bond acceptors (Lipinski definition) is 5. The number of pyridine rings is 1. The molecule has 0 saturated carbocycles. The fraction of sp³-hybridized carbons (Fsp3) is 0.273. The number of ether oxygens (including phenoxy) is 2. The van der Waals surface area contributed by atoms with Gasteiger partial charge in [-0.05, 0) is 49.2 Å². The van der Waals surface area contributed by atoms with Crippen molar-refractivity contribution < 1.29 is 14.3 Å². The van der Waals surface area contributed by atoms with Crippen molar-refractivity contribution in [1.29, 1.82) is 0 Å². The van der Waals surface area contributed by atoms with Crippen LogP contribution in [0.15, 0.2) is 48.5 Å². The molecule has 28 heavy (non-hydrogen) atoms. The van der Waals surface area contributed by atoms with E-state index in [1.165, 1.54) is 25.3 Å². The third-order valence-electron chi connectivity index (χ3n) is 4.70. The molecule has 0 fully saturated rings. The molecule has 0 bridgehead atoms. The van der Waals surface area contributed by atoms with Gasteiger partial charge < -0.3 is 20.1 Å². The number of fused-ring (bicyclic) bond motifs is 1. The molecule has 2 N–H and O–H groups in total. The van der Waals surface area contributed by atoms with Crippen LogP contribution in [0.5, 0.6) is 0 Å². The summed E-state index contributed by atoms with van der Waals surface area (Å²) in [6.45, 7) is 4.39. The van der Waals surface area contributed by atoms with Crippen molar-refractivity contribution in [3.05, 3.63) is 65.2 Å². The number of nitrogens with one attached hydrogen (secondary N) is 2. The molecule has 146 valence electrons. The predicted molar refractivity (Wildman–Crippen MR) is 111 cm³/mol. The number of anilines is 2. The van der Waals surface area contributed by atoms with E-state index < -0.39 is 6.29 Å². The fourth-order valence-electron chi connectivity index (χ4n) is 2.93. The molecule has 3 aromatic rings.